The maximum absolute atomic E-state index is 14.0. The van der Waals surface area contributed by atoms with Crippen LogP contribution in [0.5, 0.6) is 0 Å². The second-order valence-corrected chi connectivity index (χ2v) is 6.46. The zero-order valence-electron chi connectivity index (χ0n) is 14.7. The highest BCUT2D eigenvalue weighted by atomic mass is 19.1. The van der Waals surface area contributed by atoms with Gasteiger partial charge in [0.15, 0.2) is 0 Å². The van der Waals surface area contributed by atoms with E-state index in [4.69, 9.17) is 4.42 Å². The summed E-state index contributed by atoms with van der Waals surface area (Å²) in [6, 6.07) is 16.7. The third-order valence-corrected chi connectivity index (χ3v) is 4.87. The van der Waals surface area contributed by atoms with Gasteiger partial charge in [0.2, 0.25) is 11.8 Å². The highest BCUT2D eigenvalue weighted by molar-refractivity contribution is 5.51. The summed E-state index contributed by atoms with van der Waals surface area (Å²) in [4.78, 5) is 4.38. The van der Waals surface area contributed by atoms with Crippen LogP contribution in [0.25, 0.3) is 11.5 Å². The van der Waals surface area contributed by atoms with Crippen molar-refractivity contribution in [3.8, 4) is 11.5 Å². The number of hydrogen-bond acceptors (Lipinski definition) is 5. The van der Waals surface area contributed by atoms with E-state index in [1.165, 1.54) is 6.07 Å². The molecule has 0 radical (unpaired) electrons. The highest BCUT2D eigenvalue weighted by Gasteiger charge is 2.26. The smallest absolute Gasteiger partial charge is 0.247 e. The van der Waals surface area contributed by atoms with E-state index in [2.05, 4.69) is 26.9 Å². The summed E-state index contributed by atoms with van der Waals surface area (Å²) < 4.78 is 19.8. The number of para-hydroxylation sites is 1. The van der Waals surface area contributed by atoms with E-state index in [0.717, 1.165) is 31.7 Å². The van der Waals surface area contributed by atoms with Crippen LogP contribution >= 0.6 is 0 Å². The summed E-state index contributed by atoms with van der Waals surface area (Å²) in [6.45, 7) is 5.24. The first-order valence-electron chi connectivity index (χ1n) is 8.85. The number of benzene rings is 2. The van der Waals surface area contributed by atoms with Crippen LogP contribution in [0.2, 0.25) is 0 Å². The van der Waals surface area contributed by atoms with E-state index < -0.39 is 0 Å². The Morgan fingerprint density at radius 3 is 2.35 bits per heavy atom. The molecule has 4 rings (SSSR count). The van der Waals surface area contributed by atoms with Crippen LogP contribution < -0.4 is 4.90 Å². The van der Waals surface area contributed by atoms with Crippen molar-refractivity contribution in [2.45, 2.75) is 13.0 Å². The summed E-state index contributed by atoms with van der Waals surface area (Å²) in [5.74, 6) is 0.985. The van der Waals surface area contributed by atoms with Crippen molar-refractivity contribution in [3.05, 3.63) is 66.3 Å². The first-order chi connectivity index (χ1) is 12.7. The second-order valence-electron chi connectivity index (χ2n) is 6.46. The number of anilines is 1. The zero-order chi connectivity index (χ0) is 17.9. The summed E-state index contributed by atoms with van der Waals surface area (Å²) >= 11 is 0. The summed E-state index contributed by atoms with van der Waals surface area (Å²) in [6.07, 6.45) is 0. The Kier molecular flexibility index (Phi) is 4.67. The topological polar surface area (TPSA) is 45.4 Å². The first-order valence-corrected chi connectivity index (χ1v) is 8.85. The molecule has 26 heavy (non-hydrogen) atoms. The third kappa shape index (κ3) is 3.32. The van der Waals surface area contributed by atoms with Gasteiger partial charge in [0.1, 0.15) is 5.82 Å². The first kappa shape index (κ1) is 16.7. The lowest BCUT2D eigenvalue weighted by atomic mass is 10.2. The average Bonchev–Trinajstić information content (AvgIpc) is 3.19. The van der Waals surface area contributed by atoms with Gasteiger partial charge in [0.05, 0.1) is 11.7 Å². The largest absolute Gasteiger partial charge is 0.419 e. The van der Waals surface area contributed by atoms with Crippen LogP contribution in [0.15, 0.2) is 59.0 Å². The average molecular weight is 352 g/mol. The Morgan fingerprint density at radius 1 is 0.923 bits per heavy atom. The monoisotopic (exact) mass is 352 g/mol. The van der Waals surface area contributed by atoms with Crippen molar-refractivity contribution in [2.75, 3.05) is 31.1 Å². The van der Waals surface area contributed by atoms with Gasteiger partial charge >= 0.3 is 0 Å². The molecule has 1 aliphatic rings. The second kappa shape index (κ2) is 7.25. The molecular weight excluding hydrogens is 331 g/mol. The van der Waals surface area contributed by atoms with Gasteiger partial charge in [-0.3, -0.25) is 4.90 Å². The minimum absolute atomic E-state index is 0.0303. The van der Waals surface area contributed by atoms with Gasteiger partial charge in [0.25, 0.3) is 0 Å². The molecule has 3 aromatic rings. The van der Waals surface area contributed by atoms with E-state index in [1.54, 1.807) is 6.07 Å². The van der Waals surface area contributed by atoms with E-state index >= 15 is 0 Å². The standard InChI is InChI=1S/C20H21FN4O/c1-15(19-22-23-20(26-19)16-7-3-2-4-8-16)24-11-13-25(14-12-24)18-10-6-5-9-17(18)21/h2-10,15H,11-14H2,1H3/t15-/m1/s1. The van der Waals surface area contributed by atoms with Crippen molar-refractivity contribution >= 4 is 5.69 Å². The van der Waals surface area contributed by atoms with Gasteiger partial charge in [-0.25, -0.2) is 4.39 Å². The molecule has 0 aliphatic carbocycles. The number of aromatic nitrogens is 2. The van der Waals surface area contributed by atoms with Gasteiger partial charge in [-0.05, 0) is 31.2 Å². The number of nitrogens with zero attached hydrogens (tertiary/aromatic N) is 4. The maximum atomic E-state index is 14.0. The number of rotatable bonds is 4. The summed E-state index contributed by atoms with van der Waals surface area (Å²) in [5, 5.41) is 8.40. The van der Waals surface area contributed by atoms with Gasteiger partial charge in [0, 0.05) is 31.7 Å². The molecule has 5 nitrogen and oxygen atoms in total. The molecule has 6 heteroatoms. The van der Waals surface area contributed by atoms with E-state index in [9.17, 15) is 4.39 Å². The van der Waals surface area contributed by atoms with Gasteiger partial charge in [-0.2, -0.15) is 0 Å². The fourth-order valence-corrected chi connectivity index (χ4v) is 3.32. The Bertz CT molecular complexity index is 859. The predicted molar refractivity (Wildman–Crippen MR) is 98.3 cm³/mol. The quantitative estimate of drug-likeness (QED) is 0.715. The van der Waals surface area contributed by atoms with Crippen LogP contribution in [0.3, 0.4) is 0 Å². The van der Waals surface area contributed by atoms with Crippen LogP contribution in [0.1, 0.15) is 18.9 Å². The normalized spacial score (nSPS) is 16.6. The Hall–Kier alpha value is -2.73. The number of halogens is 1. The molecule has 134 valence electrons. The molecule has 2 aromatic carbocycles. The van der Waals surface area contributed by atoms with E-state index in [1.807, 2.05) is 42.5 Å². The third-order valence-electron chi connectivity index (χ3n) is 4.87. The van der Waals surface area contributed by atoms with Gasteiger partial charge < -0.3 is 9.32 Å². The Morgan fingerprint density at radius 2 is 1.62 bits per heavy atom. The molecular formula is C20H21FN4O. The lowest BCUT2D eigenvalue weighted by molar-refractivity contribution is 0.173. The molecule has 0 spiro atoms. The van der Waals surface area contributed by atoms with Crippen LogP contribution in [0, 0.1) is 5.82 Å². The molecule has 0 N–H and O–H groups in total. The molecule has 1 aromatic heterocycles. The fourth-order valence-electron chi connectivity index (χ4n) is 3.32. The van der Waals surface area contributed by atoms with Crippen LogP contribution in [0.4, 0.5) is 10.1 Å². The van der Waals surface area contributed by atoms with E-state index in [0.29, 0.717) is 17.5 Å². The molecule has 1 aliphatic heterocycles. The molecule has 0 saturated carbocycles. The van der Waals surface area contributed by atoms with Crippen molar-refractivity contribution in [2.24, 2.45) is 0 Å². The Balaban J connectivity index is 1.42. The zero-order valence-corrected chi connectivity index (χ0v) is 14.7. The van der Waals surface area contributed by atoms with Crippen LogP contribution in [-0.2, 0) is 0 Å². The van der Waals surface area contributed by atoms with Gasteiger partial charge in [-0.15, -0.1) is 10.2 Å². The van der Waals surface area contributed by atoms with Gasteiger partial charge in [-0.1, -0.05) is 30.3 Å². The SMILES string of the molecule is C[C@H](c1nnc(-c2ccccc2)o1)N1CCN(c2ccccc2F)CC1. The van der Waals surface area contributed by atoms with Crippen LogP contribution in [-0.4, -0.2) is 41.3 Å². The predicted octanol–water partition coefficient (Wildman–Crippen LogP) is 3.76. The molecule has 0 bridgehead atoms. The molecule has 1 saturated heterocycles. The van der Waals surface area contributed by atoms with Crippen molar-refractivity contribution in [1.29, 1.82) is 0 Å². The molecule has 0 unspecified atom stereocenters. The van der Waals surface area contributed by atoms with Crippen molar-refractivity contribution in [1.82, 2.24) is 15.1 Å². The molecule has 1 fully saturated rings. The minimum Gasteiger partial charge on any atom is -0.419 e. The summed E-state index contributed by atoms with van der Waals surface area (Å²) in [7, 11) is 0. The number of hydrogen-bond donors (Lipinski definition) is 0. The number of piperazine rings is 1. The lowest BCUT2D eigenvalue weighted by Gasteiger charge is -2.38. The molecule has 0 amide bonds. The van der Waals surface area contributed by atoms with Crippen molar-refractivity contribution in [3.63, 3.8) is 0 Å². The fraction of sp³-hybridized carbons (Fsp3) is 0.300. The summed E-state index contributed by atoms with van der Waals surface area (Å²) in [5.41, 5.74) is 1.59. The van der Waals surface area contributed by atoms with E-state index in [-0.39, 0.29) is 11.9 Å². The molecule has 2 heterocycles. The maximum Gasteiger partial charge on any atom is 0.247 e. The lowest BCUT2D eigenvalue weighted by Crippen LogP contribution is -2.47. The highest BCUT2D eigenvalue weighted by Crippen LogP contribution is 2.26. The Labute approximate surface area is 152 Å². The molecule has 1 atom stereocenters. The minimum atomic E-state index is -0.168. The van der Waals surface area contributed by atoms with Crippen molar-refractivity contribution < 1.29 is 8.81 Å².